The molecule has 156 valence electrons. The number of Topliss-reactive ketones (excluding diaryl/α,β-unsaturated/α-hetero) is 1. The number of ether oxygens (including phenoxy) is 2. The molecule has 1 unspecified atom stereocenters. The number of rotatable bonds is 9. The van der Waals surface area contributed by atoms with E-state index in [-0.39, 0.29) is 11.8 Å². The van der Waals surface area contributed by atoms with Crippen molar-refractivity contribution in [2.24, 2.45) is 0 Å². The molecule has 3 rings (SSSR count). The summed E-state index contributed by atoms with van der Waals surface area (Å²) in [7, 11) is 0. The monoisotopic (exact) mass is 416 g/mol. The van der Waals surface area contributed by atoms with Gasteiger partial charge in [0.25, 0.3) is 0 Å². The van der Waals surface area contributed by atoms with Crippen molar-refractivity contribution in [2.45, 2.75) is 52.2 Å². The maximum atomic E-state index is 12.5. The second-order valence-electron chi connectivity index (χ2n) is 6.71. The summed E-state index contributed by atoms with van der Waals surface area (Å²) in [5.74, 6) is 2.93. The highest BCUT2D eigenvalue weighted by atomic mass is 32.2. The van der Waals surface area contributed by atoms with E-state index < -0.39 is 0 Å². The Bertz CT molecular complexity index is 923. The quantitative estimate of drug-likeness (QED) is 0.605. The number of hydrogen-bond donors (Lipinski definition) is 1. The third kappa shape index (κ3) is 4.42. The van der Waals surface area contributed by atoms with Crippen molar-refractivity contribution in [3.63, 3.8) is 0 Å². The first-order chi connectivity index (χ1) is 14.0. The molecule has 1 N–H and O–H groups in total. The number of thioether (sulfide) groups is 1. The number of anilines is 1. The Balaban J connectivity index is 2.11. The van der Waals surface area contributed by atoms with Gasteiger partial charge in [0, 0.05) is 17.0 Å². The van der Waals surface area contributed by atoms with E-state index in [0.29, 0.717) is 41.4 Å². The zero-order chi connectivity index (χ0) is 21.0. The maximum Gasteiger partial charge on any atom is 0.227 e. The highest BCUT2D eigenvalue weighted by molar-refractivity contribution is 7.99. The molecule has 2 aromatic rings. The lowest BCUT2D eigenvalue weighted by molar-refractivity contribution is -0.114. The molecule has 0 aliphatic carbocycles. The van der Waals surface area contributed by atoms with Gasteiger partial charge in [-0.05, 0) is 51.8 Å². The molecule has 0 radical (unpaired) electrons. The van der Waals surface area contributed by atoms with E-state index in [1.165, 1.54) is 0 Å². The number of carbonyl (C=O) groups excluding carboxylic acids is 1. The van der Waals surface area contributed by atoms with Crippen LogP contribution in [0.1, 0.15) is 52.6 Å². The van der Waals surface area contributed by atoms with Gasteiger partial charge < -0.3 is 14.8 Å². The van der Waals surface area contributed by atoms with E-state index in [2.05, 4.69) is 17.2 Å². The molecule has 2 heterocycles. The Morgan fingerprint density at radius 1 is 1.21 bits per heavy atom. The fraction of sp³-hybridized carbons (Fsp3) is 0.476. The summed E-state index contributed by atoms with van der Waals surface area (Å²) in [6.07, 6.45) is 1.04. The first-order valence-electron chi connectivity index (χ1n) is 9.97. The van der Waals surface area contributed by atoms with Crippen molar-refractivity contribution < 1.29 is 14.3 Å². The summed E-state index contributed by atoms with van der Waals surface area (Å²) in [6, 6.07) is 5.42. The van der Waals surface area contributed by atoms with E-state index in [1.54, 1.807) is 23.4 Å². The number of ketones is 1. The van der Waals surface area contributed by atoms with Gasteiger partial charge in [-0.25, -0.2) is 4.68 Å². The smallest absolute Gasteiger partial charge is 0.227 e. The molecule has 1 aromatic carbocycles. The van der Waals surface area contributed by atoms with Crippen LogP contribution in [0.3, 0.4) is 0 Å². The van der Waals surface area contributed by atoms with Gasteiger partial charge >= 0.3 is 0 Å². The molecule has 0 fully saturated rings. The number of fused-ring (bicyclic) bond motifs is 1. The molecule has 0 amide bonds. The summed E-state index contributed by atoms with van der Waals surface area (Å²) in [6.45, 7) is 10.6. The van der Waals surface area contributed by atoms with Crippen LogP contribution in [-0.4, -0.2) is 39.5 Å². The van der Waals surface area contributed by atoms with Crippen LogP contribution in [0.15, 0.2) is 34.6 Å². The lowest BCUT2D eigenvalue weighted by Gasteiger charge is -2.28. The number of nitrogens with one attached hydrogen (secondary N) is 1. The van der Waals surface area contributed by atoms with E-state index in [1.807, 2.05) is 39.0 Å². The number of nitrogens with zero attached hydrogens (tertiary/aromatic N) is 3. The molecule has 0 saturated carbocycles. The van der Waals surface area contributed by atoms with Crippen LogP contribution < -0.4 is 14.8 Å². The van der Waals surface area contributed by atoms with Gasteiger partial charge in [-0.3, -0.25) is 4.79 Å². The lowest BCUT2D eigenvalue weighted by atomic mass is 9.93. The van der Waals surface area contributed by atoms with E-state index in [0.717, 1.165) is 23.4 Å². The molecule has 1 atom stereocenters. The molecule has 8 heteroatoms. The third-order valence-corrected chi connectivity index (χ3v) is 5.57. The van der Waals surface area contributed by atoms with Crippen LogP contribution in [-0.2, 0) is 4.79 Å². The summed E-state index contributed by atoms with van der Waals surface area (Å²) in [5.41, 5.74) is 2.36. The van der Waals surface area contributed by atoms with Crippen LogP contribution in [0.5, 0.6) is 11.5 Å². The minimum atomic E-state index is -0.373. The SMILES string of the molecule is CCCSc1nc2n(n1)C(c1ccc(OCC)c(OCC)c1)C(C(C)=O)=C(C)N2. The Hall–Kier alpha value is -2.48. The Morgan fingerprint density at radius 2 is 1.93 bits per heavy atom. The van der Waals surface area contributed by atoms with Gasteiger partial charge in [-0.1, -0.05) is 24.8 Å². The van der Waals surface area contributed by atoms with Gasteiger partial charge in [0.2, 0.25) is 11.1 Å². The van der Waals surface area contributed by atoms with Crippen LogP contribution in [0.2, 0.25) is 0 Å². The standard InChI is InChI=1S/C21H28N4O3S/c1-6-11-29-21-23-20-22-13(4)18(14(5)26)19(25(20)24-21)15-9-10-16(27-7-2)17(12-15)28-8-3/h9-10,12,19H,6-8,11H2,1-5H3,(H,22,23,24). The van der Waals surface area contributed by atoms with E-state index in [9.17, 15) is 4.79 Å². The number of benzene rings is 1. The van der Waals surface area contributed by atoms with Crippen molar-refractivity contribution in [2.75, 3.05) is 24.3 Å². The number of aromatic nitrogens is 3. The van der Waals surface area contributed by atoms with Crippen LogP contribution in [0.4, 0.5) is 5.95 Å². The van der Waals surface area contributed by atoms with Crippen LogP contribution in [0.25, 0.3) is 0 Å². The third-order valence-electron chi connectivity index (χ3n) is 4.53. The van der Waals surface area contributed by atoms with Gasteiger partial charge in [0.1, 0.15) is 6.04 Å². The molecule has 1 aliphatic rings. The molecule has 29 heavy (non-hydrogen) atoms. The average Bonchev–Trinajstić information content (AvgIpc) is 3.09. The normalized spacial score (nSPS) is 15.7. The molecular weight excluding hydrogens is 388 g/mol. The summed E-state index contributed by atoms with van der Waals surface area (Å²) in [4.78, 5) is 17.2. The van der Waals surface area contributed by atoms with Gasteiger partial charge in [-0.2, -0.15) is 4.98 Å². The Kier molecular flexibility index (Phi) is 6.84. The van der Waals surface area contributed by atoms with E-state index in [4.69, 9.17) is 14.6 Å². The summed E-state index contributed by atoms with van der Waals surface area (Å²) >= 11 is 1.61. The number of hydrogen-bond acceptors (Lipinski definition) is 7. The topological polar surface area (TPSA) is 78.3 Å². The van der Waals surface area contributed by atoms with Gasteiger partial charge in [-0.15, -0.1) is 5.10 Å². The highest BCUT2D eigenvalue weighted by Crippen LogP contribution is 2.39. The molecule has 1 aromatic heterocycles. The minimum Gasteiger partial charge on any atom is -0.490 e. The van der Waals surface area contributed by atoms with Gasteiger partial charge in [0.05, 0.1) is 13.2 Å². The van der Waals surface area contributed by atoms with Crippen LogP contribution >= 0.6 is 11.8 Å². The second kappa shape index (κ2) is 9.35. The average molecular weight is 417 g/mol. The zero-order valence-electron chi connectivity index (χ0n) is 17.6. The van der Waals surface area contributed by atoms with Crippen molar-refractivity contribution in [3.05, 3.63) is 35.0 Å². The second-order valence-corrected chi connectivity index (χ2v) is 7.77. The van der Waals surface area contributed by atoms with Crippen LogP contribution in [0, 0.1) is 0 Å². The molecule has 0 bridgehead atoms. The molecule has 1 aliphatic heterocycles. The van der Waals surface area contributed by atoms with Crippen molar-refractivity contribution in [1.29, 1.82) is 0 Å². The largest absolute Gasteiger partial charge is 0.490 e. The zero-order valence-corrected chi connectivity index (χ0v) is 18.4. The Morgan fingerprint density at radius 3 is 2.59 bits per heavy atom. The van der Waals surface area contributed by atoms with Crippen molar-refractivity contribution in [1.82, 2.24) is 14.8 Å². The summed E-state index contributed by atoms with van der Waals surface area (Å²) in [5, 5.41) is 8.64. The minimum absolute atomic E-state index is 0.00393. The summed E-state index contributed by atoms with van der Waals surface area (Å²) < 4.78 is 13.3. The number of allylic oxidation sites excluding steroid dienone is 2. The molecular formula is C21H28N4O3S. The fourth-order valence-corrected chi connectivity index (χ4v) is 4.07. The fourth-order valence-electron chi connectivity index (χ4n) is 3.39. The Labute approximate surface area is 175 Å². The predicted octanol–water partition coefficient (Wildman–Crippen LogP) is 4.46. The first-order valence-corrected chi connectivity index (χ1v) is 11.0. The van der Waals surface area contributed by atoms with Crippen molar-refractivity contribution in [3.8, 4) is 11.5 Å². The highest BCUT2D eigenvalue weighted by Gasteiger charge is 2.33. The maximum absolute atomic E-state index is 12.5. The molecule has 0 saturated heterocycles. The first kappa shape index (κ1) is 21.2. The lowest BCUT2D eigenvalue weighted by Crippen LogP contribution is -2.27. The number of carbonyl (C=O) groups is 1. The van der Waals surface area contributed by atoms with Gasteiger partial charge in [0.15, 0.2) is 17.3 Å². The predicted molar refractivity (Wildman–Crippen MR) is 115 cm³/mol. The van der Waals surface area contributed by atoms with Crippen molar-refractivity contribution >= 4 is 23.5 Å². The van der Waals surface area contributed by atoms with E-state index >= 15 is 0 Å². The molecule has 0 spiro atoms. The molecule has 7 nitrogen and oxygen atoms in total.